The Morgan fingerprint density at radius 1 is 1.35 bits per heavy atom. The zero-order valence-electron chi connectivity index (χ0n) is 14.9. The largest absolute Gasteiger partial charge is 0.480 e. The number of amides is 2. The number of benzene rings is 1. The van der Waals surface area contributed by atoms with Crippen LogP contribution in [0.3, 0.4) is 0 Å². The maximum atomic E-state index is 12.2. The standard InChI is InChI=1S/C19H24N4O3/c1-12-2-3-14(9-20)6-17(12)22-19(26)21-15-7-16(8-15)23(11-18(24)25)10-13-4-5-13/h2-3,6,13,15-16H,4-5,7-8,10-11H2,1H3,(H,24,25)(H2,21,22,26). The normalized spacial score (nSPS) is 21.6. The second-order valence-electron chi connectivity index (χ2n) is 7.33. The first kappa shape index (κ1) is 18.2. The minimum absolute atomic E-state index is 0.0509. The lowest BCUT2D eigenvalue weighted by Crippen LogP contribution is -2.55. The highest BCUT2D eigenvalue weighted by Gasteiger charge is 2.37. The van der Waals surface area contributed by atoms with Crippen LogP contribution >= 0.6 is 0 Å². The van der Waals surface area contributed by atoms with Crippen LogP contribution in [0.1, 0.15) is 36.8 Å². The zero-order valence-corrected chi connectivity index (χ0v) is 14.9. The smallest absolute Gasteiger partial charge is 0.319 e. The molecule has 26 heavy (non-hydrogen) atoms. The van der Waals surface area contributed by atoms with E-state index in [1.807, 2.05) is 11.8 Å². The highest BCUT2D eigenvalue weighted by Crippen LogP contribution is 2.33. The molecule has 3 N–H and O–H groups in total. The number of nitriles is 1. The number of aliphatic carboxylic acids is 1. The van der Waals surface area contributed by atoms with Crippen molar-refractivity contribution in [2.24, 2.45) is 5.92 Å². The van der Waals surface area contributed by atoms with Crippen molar-refractivity contribution in [2.75, 3.05) is 18.4 Å². The van der Waals surface area contributed by atoms with Crippen LogP contribution in [-0.4, -0.2) is 47.2 Å². The van der Waals surface area contributed by atoms with Gasteiger partial charge in [-0.15, -0.1) is 0 Å². The first-order valence-corrected chi connectivity index (χ1v) is 8.98. The lowest BCUT2D eigenvalue weighted by molar-refractivity contribution is -0.139. The van der Waals surface area contributed by atoms with Gasteiger partial charge >= 0.3 is 12.0 Å². The fraction of sp³-hybridized carbons (Fsp3) is 0.526. The van der Waals surface area contributed by atoms with Gasteiger partial charge in [0.25, 0.3) is 0 Å². The molecule has 0 atom stereocenters. The molecule has 0 saturated heterocycles. The summed E-state index contributed by atoms with van der Waals surface area (Å²) >= 11 is 0. The number of anilines is 1. The maximum absolute atomic E-state index is 12.2. The molecule has 0 unspecified atom stereocenters. The van der Waals surface area contributed by atoms with Crippen LogP contribution in [0.2, 0.25) is 0 Å². The number of carboxylic acids is 1. The number of hydrogen-bond donors (Lipinski definition) is 3. The molecular weight excluding hydrogens is 332 g/mol. The van der Waals surface area contributed by atoms with E-state index in [9.17, 15) is 9.59 Å². The second-order valence-corrected chi connectivity index (χ2v) is 7.33. The summed E-state index contributed by atoms with van der Waals surface area (Å²) in [5.74, 6) is -0.160. The second kappa shape index (κ2) is 7.75. The fourth-order valence-corrected chi connectivity index (χ4v) is 3.32. The van der Waals surface area contributed by atoms with E-state index in [4.69, 9.17) is 10.4 Å². The van der Waals surface area contributed by atoms with Crippen LogP contribution in [0.25, 0.3) is 0 Å². The van der Waals surface area contributed by atoms with E-state index in [-0.39, 0.29) is 24.7 Å². The third-order valence-electron chi connectivity index (χ3n) is 5.11. The minimum atomic E-state index is -0.798. The molecule has 138 valence electrons. The third-order valence-corrected chi connectivity index (χ3v) is 5.11. The topological polar surface area (TPSA) is 105 Å². The fourth-order valence-electron chi connectivity index (χ4n) is 3.32. The van der Waals surface area contributed by atoms with Crippen LogP contribution in [-0.2, 0) is 4.79 Å². The summed E-state index contributed by atoms with van der Waals surface area (Å²) in [6.07, 6.45) is 3.91. The Kier molecular flexibility index (Phi) is 5.43. The molecule has 1 aromatic carbocycles. The van der Waals surface area contributed by atoms with Crippen molar-refractivity contribution >= 4 is 17.7 Å². The van der Waals surface area contributed by atoms with Crippen molar-refractivity contribution in [3.05, 3.63) is 29.3 Å². The van der Waals surface area contributed by atoms with Gasteiger partial charge in [0.2, 0.25) is 0 Å². The van der Waals surface area contributed by atoms with Gasteiger partial charge in [0.1, 0.15) is 0 Å². The van der Waals surface area contributed by atoms with Gasteiger partial charge in [-0.3, -0.25) is 9.69 Å². The predicted molar refractivity (Wildman–Crippen MR) is 96.8 cm³/mol. The molecule has 0 spiro atoms. The van der Waals surface area contributed by atoms with Crippen molar-refractivity contribution < 1.29 is 14.7 Å². The molecule has 0 aliphatic heterocycles. The number of carboxylic acid groups (broad SMARTS) is 1. The van der Waals surface area contributed by atoms with E-state index < -0.39 is 5.97 Å². The van der Waals surface area contributed by atoms with E-state index in [0.717, 1.165) is 24.9 Å². The number of nitrogens with one attached hydrogen (secondary N) is 2. The molecule has 0 aromatic heterocycles. The summed E-state index contributed by atoms with van der Waals surface area (Å²) < 4.78 is 0. The van der Waals surface area contributed by atoms with E-state index in [0.29, 0.717) is 17.2 Å². The number of hydrogen-bond acceptors (Lipinski definition) is 4. The highest BCUT2D eigenvalue weighted by atomic mass is 16.4. The third kappa shape index (κ3) is 4.73. The van der Waals surface area contributed by atoms with Gasteiger partial charge < -0.3 is 15.7 Å². The van der Waals surface area contributed by atoms with Crippen LogP contribution in [0.5, 0.6) is 0 Å². The predicted octanol–water partition coefficient (Wildman–Crippen LogP) is 2.32. The molecule has 2 aliphatic carbocycles. The molecular formula is C19H24N4O3. The van der Waals surface area contributed by atoms with Crippen LogP contribution < -0.4 is 10.6 Å². The van der Waals surface area contributed by atoms with Crippen molar-refractivity contribution in [3.8, 4) is 6.07 Å². The van der Waals surface area contributed by atoms with Crippen molar-refractivity contribution in [1.29, 1.82) is 5.26 Å². The number of rotatable bonds is 7. The first-order chi connectivity index (χ1) is 12.4. The molecule has 0 heterocycles. The molecule has 3 rings (SSSR count). The van der Waals surface area contributed by atoms with E-state index in [1.165, 1.54) is 12.8 Å². The molecule has 2 fully saturated rings. The SMILES string of the molecule is Cc1ccc(C#N)cc1NC(=O)NC1CC(N(CC(=O)O)CC2CC2)C1. The van der Waals surface area contributed by atoms with E-state index >= 15 is 0 Å². The van der Waals surface area contributed by atoms with Crippen molar-refractivity contribution in [2.45, 2.75) is 44.7 Å². The maximum Gasteiger partial charge on any atom is 0.319 e. The molecule has 2 saturated carbocycles. The van der Waals surface area contributed by atoms with E-state index in [2.05, 4.69) is 16.7 Å². The summed E-state index contributed by atoms with van der Waals surface area (Å²) in [5, 5.41) is 23.8. The first-order valence-electron chi connectivity index (χ1n) is 8.98. The van der Waals surface area contributed by atoms with E-state index in [1.54, 1.807) is 18.2 Å². The van der Waals surface area contributed by atoms with Gasteiger partial charge in [-0.1, -0.05) is 6.07 Å². The Balaban J connectivity index is 1.48. The Morgan fingerprint density at radius 2 is 2.08 bits per heavy atom. The molecule has 0 bridgehead atoms. The summed E-state index contributed by atoms with van der Waals surface area (Å²) in [4.78, 5) is 25.3. The number of carbonyl (C=O) groups excluding carboxylic acids is 1. The lowest BCUT2D eigenvalue weighted by Gasteiger charge is -2.42. The monoisotopic (exact) mass is 356 g/mol. The Bertz CT molecular complexity index is 733. The van der Waals surface area contributed by atoms with Gasteiger partial charge in [-0.2, -0.15) is 5.26 Å². The quantitative estimate of drug-likeness (QED) is 0.695. The molecule has 1 aromatic rings. The Morgan fingerprint density at radius 3 is 2.69 bits per heavy atom. The van der Waals surface area contributed by atoms with Crippen LogP contribution in [0, 0.1) is 24.2 Å². The summed E-state index contributed by atoms with van der Waals surface area (Å²) in [5.41, 5.74) is 2.01. The average Bonchev–Trinajstić information content (AvgIpc) is 3.35. The van der Waals surface area contributed by atoms with Gasteiger partial charge in [0, 0.05) is 24.3 Å². The van der Waals surface area contributed by atoms with Crippen LogP contribution in [0.15, 0.2) is 18.2 Å². The summed E-state index contributed by atoms with van der Waals surface area (Å²) in [6, 6.07) is 7.21. The Labute approximate surface area is 153 Å². The van der Waals surface area contributed by atoms with Crippen molar-refractivity contribution in [1.82, 2.24) is 10.2 Å². The molecule has 7 nitrogen and oxygen atoms in total. The van der Waals surface area contributed by atoms with Gasteiger partial charge in [0.05, 0.1) is 18.2 Å². The Hall–Kier alpha value is -2.59. The lowest BCUT2D eigenvalue weighted by atomic mass is 9.85. The average molecular weight is 356 g/mol. The van der Waals surface area contributed by atoms with Crippen molar-refractivity contribution in [3.63, 3.8) is 0 Å². The summed E-state index contributed by atoms with van der Waals surface area (Å²) in [6.45, 7) is 2.79. The number of aryl methyl sites for hydroxylation is 1. The highest BCUT2D eigenvalue weighted by molar-refractivity contribution is 5.90. The molecule has 7 heteroatoms. The minimum Gasteiger partial charge on any atom is -0.480 e. The van der Waals surface area contributed by atoms with Crippen LogP contribution in [0.4, 0.5) is 10.5 Å². The molecule has 0 radical (unpaired) electrons. The zero-order chi connectivity index (χ0) is 18.7. The van der Waals surface area contributed by atoms with Gasteiger partial charge in [0.15, 0.2) is 0 Å². The number of carbonyl (C=O) groups is 2. The van der Waals surface area contributed by atoms with Gasteiger partial charge in [-0.05, 0) is 56.2 Å². The molecule has 2 amide bonds. The molecule has 2 aliphatic rings. The number of urea groups is 1. The number of nitrogens with zero attached hydrogens (tertiary/aromatic N) is 2. The van der Waals surface area contributed by atoms with Gasteiger partial charge in [-0.25, -0.2) is 4.79 Å². The summed E-state index contributed by atoms with van der Waals surface area (Å²) in [7, 11) is 0.